The lowest BCUT2D eigenvalue weighted by atomic mass is 10.0. The molecule has 10 heteroatoms. The number of benzene rings is 1. The van der Waals surface area contributed by atoms with Crippen LogP contribution in [-0.4, -0.2) is 36.1 Å². The number of alkyl halides is 3. The number of nitrogens with one attached hydrogen (secondary N) is 1. The molecule has 2 N–H and O–H groups in total. The lowest BCUT2D eigenvalue weighted by Gasteiger charge is -2.39. The zero-order chi connectivity index (χ0) is 19.3. The second kappa shape index (κ2) is 5.73. The van der Waals surface area contributed by atoms with E-state index in [0.717, 1.165) is 6.07 Å². The molecule has 0 saturated carbocycles. The molecule has 1 aliphatic heterocycles. The van der Waals surface area contributed by atoms with Gasteiger partial charge in [-0.1, -0.05) is 18.2 Å². The van der Waals surface area contributed by atoms with Crippen molar-refractivity contribution < 1.29 is 36.2 Å². The molecule has 1 atom stereocenters. The summed E-state index contributed by atoms with van der Waals surface area (Å²) in [5.41, 5.74) is -2.69. The predicted molar refractivity (Wildman–Crippen MR) is 83.3 cm³/mol. The van der Waals surface area contributed by atoms with Crippen molar-refractivity contribution in [2.75, 3.05) is 0 Å². The van der Waals surface area contributed by atoms with Crippen LogP contribution in [0.3, 0.4) is 0 Å². The molecule has 2 rings (SSSR count). The number of para-hydroxylation sites is 1. The molecule has 1 aliphatic rings. The summed E-state index contributed by atoms with van der Waals surface area (Å²) in [7, 11) is -5.34. The van der Waals surface area contributed by atoms with Gasteiger partial charge in [0, 0.05) is 11.1 Å². The highest BCUT2D eigenvalue weighted by molar-refractivity contribution is 7.91. The first-order chi connectivity index (χ1) is 11.2. The largest absolute Gasteiger partial charge is 0.478 e. The van der Waals surface area contributed by atoms with Gasteiger partial charge in [-0.2, -0.15) is 13.2 Å². The van der Waals surface area contributed by atoms with Crippen LogP contribution < -0.4 is 9.46 Å². The number of sulfonamides is 1. The Hall–Kier alpha value is -2.07. The molecule has 6 nitrogen and oxygen atoms in total. The Labute approximate surface area is 142 Å². The van der Waals surface area contributed by atoms with Crippen molar-refractivity contribution in [1.82, 2.24) is 4.72 Å². The van der Waals surface area contributed by atoms with Gasteiger partial charge in [-0.25, -0.2) is 17.9 Å². The van der Waals surface area contributed by atoms with Crippen LogP contribution in [0.5, 0.6) is 5.75 Å². The third-order valence-electron chi connectivity index (χ3n) is 3.25. The van der Waals surface area contributed by atoms with E-state index < -0.39 is 38.2 Å². The first-order valence-electron chi connectivity index (χ1n) is 7.05. The van der Waals surface area contributed by atoms with Crippen molar-refractivity contribution in [2.24, 2.45) is 0 Å². The number of ether oxygens (including phenoxy) is 1. The van der Waals surface area contributed by atoms with Gasteiger partial charge in [-0.05, 0) is 32.9 Å². The van der Waals surface area contributed by atoms with E-state index in [1.807, 2.05) is 4.72 Å². The third kappa shape index (κ3) is 3.23. The number of carbonyl (C=O) groups is 1. The molecular formula is C15H16F3NO5S. The highest BCUT2D eigenvalue weighted by Gasteiger charge is 2.72. The zero-order valence-electron chi connectivity index (χ0n) is 13.5. The maximum atomic E-state index is 13.9. The van der Waals surface area contributed by atoms with Gasteiger partial charge in [0.05, 0.1) is 0 Å². The van der Waals surface area contributed by atoms with E-state index in [9.17, 15) is 31.5 Å². The standard InChI is InChI=1S/C15H16F3NO5S/c1-13(2,3)19-25(22,23)14(15(16,17)18)10(12(20)21)8-9-6-4-5-7-11(9)24-14/h4-8,19H,1-3H3,(H,20,21). The molecule has 0 amide bonds. The van der Waals surface area contributed by atoms with Crippen molar-refractivity contribution >= 4 is 22.1 Å². The van der Waals surface area contributed by atoms with Crippen LogP contribution >= 0.6 is 0 Å². The lowest BCUT2D eigenvalue weighted by Crippen LogP contribution is -2.65. The molecule has 0 saturated heterocycles. The van der Waals surface area contributed by atoms with Gasteiger partial charge in [0.15, 0.2) is 0 Å². The van der Waals surface area contributed by atoms with Crippen molar-refractivity contribution in [3.63, 3.8) is 0 Å². The Morgan fingerprint density at radius 2 is 1.76 bits per heavy atom. The zero-order valence-corrected chi connectivity index (χ0v) is 14.3. The van der Waals surface area contributed by atoms with E-state index in [4.69, 9.17) is 4.74 Å². The average molecular weight is 379 g/mol. The monoisotopic (exact) mass is 379 g/mol. The van der Waals surface area contributed by atoms with Gasteiger partial charge in [0.1, 0.15) is 11.3 Å². The van der Waals surface area contributed by atoms with E-state index in [1.54, 1.807) is 0 Å². The van der Waals surface area contributed by atoms with Crippen molar-refractivity contribution in [3.8, 4) is 5.75 Å². The fourth-order valence-electron chi connectivity index (χ4n) is 2.39. The number of hydrogen-bond acceptors (Lipinski definition) is 4. The van der Waals surface area contributed by atoms with Crippen LogP contribution in [0.15, 0.2) is 29.8 Å². The molecular weight excluding hydrogens is 363 g/mol. The van der Waals surface area contributed by atoms with E-state index in [-0.39, 0.29) is 11.3 Å². The quantitative estimate of drug-likeness (QED) is 0.842. The second-order valence-corrected chi connectivity index (χ2v) is 8.26. The van der Waals surface area contributed by atoms with Gasteiger partial charge < -0.3 is 9.84 Å². The lowest BCUT2D eigenvalue weighted by molar-refractivity contribution is -0.204. The summed E-state index contributed by atoms with van der Waals surface area (Å²) in [6, 6.07) is 5.27. The molecule has 1 heterocycles. The van der Waals surface area contributed by atoms with Crippen LogP contribution in [0.1, 0.15) is 26.3 Å². The third-order valence-corrected chi connectivity index (χ3v) is 5.42. The van der Waals surface area contributed by atoms with Crippen LogP contribution in [-0.2, 0) is 14.8 Å². The molecule has 1 aromatic carbocycles. The summed E-state index contributed by atoms with van der Waals surface area (Å²) < 4.78 is 73.7. The minimum absolute atomic E-state index is 0.0331. The van der Waals surface area contributed by atoms with Gasteiger partial charge >= 0.3 is 17.1 Å². The summed E-state index contributed by atoms with van der Waals surface area (Å²) in [5.74, 6) is -2.43. The smallest absolute Gasteiger partial charge is 0.449 e. The van der Waals surface area contributed by atoms with Crippen LogP contribution in [0.4, 0.5) is 13.2 Å². The van der Waals surface area contributed by atoms with Gasteiger partial charge in [0.25, 0.3) is 10.0 Å². The molecule has 0 fully saturated rings. The molecule has 1 unspecified atom stereocenters. The van der Waals surface area contributed by atoms with Crippen LogP contribution in [0.2, 0.25) is 0 Å². The fraction of sp³-hybridized carbons (Fsp3) is 0.400. The summed E-state index contributed by atoms with van der Waals surface area (Å²) >= 11 is 0. The molecule has 1 aromatic rings. The Kier molecular flexibility index (Phi) is 4.42. The predicted octanol–water partition coefficient (Wildman–Crippen LogP) is 2.52. The minimum Gasteiger partial charge on any atom is -0.478 e. The molecule has 0 spiro atoms. The summed E-state index contributed by atoms with van der Waals surface area (Å²) in [6.45, 7) is 3.99. The first-order valence-corrected chi connectivity index (χ1v) is 8.53. The Balaban J connectivity index is 2.84. The topological polar surface area (TPSA) is 92.7 Å². The highest BCUT2D eigenvalue weighted by Crippen LogP contribution is 2.48. The number of hydrogen-bond donors (Lipinski definition) is 2. The molecule has 0 aliphatic carbocycles. The Bertz CT molecular complexity index is 839. The SMILES string of the molecule is CC(C)(C)NS(=O)(=O)C1(C(F)(F)F)Oc2ccccc2C=C1C(=O)O. The fourth-order valence-corrected chi connectivity index (χ4v) is 4.28. The molecule has 25 heavy (non-hydrogen) atoms. The Morgan fingerprint density at radius 3 is 2.24 bits per heavy atom. The summed E-state index contributed by atoms with van der Waals surface area (Å²) in [5, 5.41) is 9.28. The summed E-state index contributed by atoms with van der Waals surface area (Å²) in [4.78, 5) is 7.42. The van der Waals surface area contributed by atoms with Gasteiger partial charge in [0.2, 0.25) is 0 Å². The van der Waals surface area contributed by atoms with Crippen molar-refractivity contribution in [2.45, 2.75) is 37.4 Å². The molecule has 0 bridgehead atoms. The van der Waals surface area contributed by atoms with E-state index in [2.05, 4.69) is 0 Å². The normalized spacial score (nSPS) is 21.1. The molecule has 138 valence electrons. The number of aliphatic carboxylic acids is 1. The maximum Gasteiger partial charge on any atom is 0.449 e. The van der Waals surface area contributed by atoms with Gasteiger partial charge in [-0.15, -0.1) is 0 Å². The number of carboxylic acids is 1. The van der Waals surface area contributed by atoms with Crippen LogP contribution in [0, 0.1) is 0 Å². The minimum atomic E-state index is -5.55. The number of rotatable bonds is 3. The molecule has 0 aromatic heterocycles. The number of fused-ring (bicyclic) bond motifs is 1. The molecule has 0 radical (unpaired) electrons. The van der Waals surface area contributed by atoms with E-state index in [1.165, 1.54) is 39.0 Å². The summed E-state index contributed by atoms with van der Waals surface area (Å²) in [6.07, 6.45) is -4.89. The second-order valence-electron chi connectivity index (χ2n) is 6.47. The van der Waals surface area contributed by atoms with Crippen molar-refractivity contribution in [1.29, 1.82) is 0 Å². The number of carboxylic acid groups (broad SMARTS) is 1. The maximum absolute atomic E-state index is 13.9. The van der Waals surface area contributed by atoms with Gasteiger partial charge in [-0.3, -0.25) is 0 Å². The van der Waals surface area contributed by atoms with Crippen molar-refractivity contribution in [3.05, 3.63) is 35.4 Å². The average Bonchev–Trinajstić information content (AvgIpc) is 2.41. The highest BCUT2D eigenvalue weighted by atomic mass is 32.2. The Morgan fingerprint density at radius 1 is 1.20 bits per heavy atom. The number of halogens is 3. The van der Waals surface area contributed by atoms with E-state index >= 15 is 0 Å². The first kappa shape index (κ1) is 19.3. The van der Waals surface area contributed by atoms with Crippen LogP contribution in [0.25, 0.3) is 6.08 Å². The van der Waals surface area contributed by atoms with E-state index in [0.29, 0.717) is 6.08 Å².